The number of hydrogen-bond donors (Lipinski definition) is 3. The average Bonchev–Trinajstić information content (AvgIpc) is 2.01. The Kier molecular flexibility index (Phi) is 2.62. The van der Waals surface area contributed by atoms with Gasteiger partial charge < -0.3 is 10.1 Å². The Balaban J connectivity index is 3.33. The maximum Gasteiger partial charge on any atom is 0.325 e. The molecule has 0 aromatic carbocycles. The van der Waals surface area contributed by atoms with Crippen LogP contribution in [0.2, 0.25) is 0 Å². The van der Waals surface area contributed by atoms with Crippen molar-refractivity contribution in [3.63, 3.8) is 0 Å². The number of nitrogens with one attached hydrogen (secondary N) is 2. The fourth-order valence-corrected chi connectivity index (χ4v) is 1.05. The highest BCUT2D eigenvalue weighted by molar-refractivity contribution is 5.09. The van der Waals surface area contributed by atoms with Crippen molar-refractivity contribution in [2.45, 2.75) is 26.4 Å². The lowest BCUT2D eigenvalue weighted by Crippen LogP contribution is -2.34. The first kappa shape index (κ1) is 10.7. The van der Waals surface area contributed by atoms with Crippen LogP contribution in [0.15, 0.2) is 15.7 Å². The van der Waals surface area contributed by atoms with Crippen LogP contribution in [0.4, 0.5) is 0 Å². The summed E-state index contributed by atoms with van der Waals surface area (Å²) in [5.41, 5.74) is -2.08. The Hall–Kier alpha value is -1.36. The fourth-order valence-electron chi connectivity index (χ4n) is 1.05. The summed E-state index contributed by atoms with van der Waals surface area (Å²) >= 11 is 0. The molecule has 0 fully saturated rings. The molecular formula is C9H14N2O3. The molecule has 1 heterocycles. The van der Waals surface area contributed by atoms with E-state index in [0.717, 1.165) is 0 Å². The molecule has 0 saturated heterocycles. The van der Waals surface area contributed by atoms with Crippen LogP contribution in [0.5, 0.6) is 0 Å². The second kappa shape index (κ2) is 3.42. The van der Waals surface area contributed by atoms with E-state index in [4.69, 9.17) is 0 Å². The maximum absolute atomic E-state index is 11.0. The van der Waals surface area contributed by atoms with Gasteiger partial charge in [0.15, 0.2) is 0 Å². The predicted octanol–water partition coefficient (Wildman–Crippen LogP) is -0.0733. The zero-order valence-electron chi connectivity index (χ0n) is 8.42. The zero-order valence-corrected chi connectivity index (χ0v) is 8.42. The zero-order chi connectivity index (χ0) is 10.9. The van der Waals surface area contributed by atoms with Crippen molar-refractivity contribution < 1.29 is 5.11 Å². The van der Waals surface area contributed by atoms with Crippen molar-refractivity contribution in [3.8, 4) is 0 Å². The third-order valence-electron chi connectivity index (χ3n) is 2.43. The average molecular weight is 198 g/mol. The van der Waals surface area contributed by atoms with Crippen LogP contribution in [0.25, 0.3) is 0 Å². The van der Waals surface area contributed by atoms with Crippen LogP contribution in [0, 0.1) is 5.92 Å². The topological polar surface area (TPSA) is 85.9 Å². The normalized spacial score (nSPS) is 15.5. The number of rotatable bonds is 2. The van der Waals surface area contributed by atoms with Crippen molar-refractivity contribution >= 4 is 0 Å². The van der Waals surface area contributed by atoms with E-state index in [1.807, 2.05) is 4.98 Å². The monoisotopic (exact) mass is 198 g/mol. The second-order valence-electron chi connectivity index (χ2n) is 3.80. The van der Waals surface area contributed by atoms with Gasteiger partial charge >= 0.3 is 5.69 Å². The molecule has 0 saturated carbocycles. The molecule has 1 unspecified atom stereocenters. The quantitative estimate of drug-likeness (QED) is 0.621. The Morgan fingerprint density at radius 3 is 2.36 bits per heavy atom. The van der Waals surface area contributed by atoms with Crippen LogP contribution >= 0.6 is 0 Å². The SMILES string of the molecule is CC(C)C(C)(O)c1cc(=O)[nH]c(=O)[nH]1. The van der Waals surface area contributed by atoms with Crippen LogP contribution in [0.1, 0.15) is 26.5 Å². The minimum Gasteiger partial charge on any atom is -0.384 e. The van der Waals surface area contributed by atoms with Gasteiger partial charge in [-0.2, -0.15) is 0 Å². The molecule has 1 aromatic rings. The molecule has 14 heavy (non-hydrogen) atoms. The molecule has 0 spiro atoms. The third-order valence-corrected chi connectivity index (χ3v) is 2.43. The number of aromatic amines is 2. The van der Waals surface area contributed by atoms with E-state index in [2.05, 4.69) is 4.98 Å². The second-order valence-corrected chi connectivity index (χ2v) is 3.80. The fraction of sp³-hybridized carbons (Fsp3) is 0.556. The molecule has 0 aliphatic carbocycles. The first-order valence-electron chi connectivity index (χ1n) is 4.40. The molecule has 3 N–H and O–H groups in total. The number of H-pyrrole nitrogens is 2. The molecule has 5 heteroatoms. The van der Waals surface area contributed by atoms with Crippen molar-refractivity contribution in [3.05, 3.63) is 32.6 Å². The van der Waals surface area contributed by atoms with E-state index < -0.39 is 16.9 Å². The van der Waals surface area contributed by atoms with Crippen LogP contribution in [-0.2, 0) is 5.60 Å². The smallest absolute Gasteiger partial charge is 0.325 e. The lowest BCUT2D eigenvalue weighted by atomic mass is 9.89. The molecule has 0 aliphatic rings. The Labute approximate surface area is 80.8 Å². The molecule has 1 atom stereocenters. The minimum absolute atomic E-state index is 0.0973. The van der Waals surface area contributed by atoms with Crippen molar-refractivity contribution in [2.24, 2.45) is 5.92 Å². The number of hydrogen-bond acceptors (Lipinski definition) is 3. The van der Waals surface area contributed by atoms with Gasteiger partial charge in [0.2, 0.25) is 0 Å². The highest BCUT2D eigenvalue weighted by atomic mass is 16.3. The Bertz CT molecular complexity index is 400. The Morgan fingerprint density at radius 1 is 1.36 bits per heavy atom. The molecule has 0 bridgehead atoms. The standard InChI is InChI=1S/C9H14N2O3/c1-5(2)9(3,14)6-4-7(12)11-8(13)10-6/h4-5,14H,1-3H3,(H2,10,11,12,13). The van der Waals surface area contributed by atoms with Gasteiger partial charge in [-0.1, -0.05) is 13.8 Å². The summed E-state index contributed by atoms with van der Waals surface area (Å²) in [6, 6.07) is 1.20. The minimum atomic E-state index is -1.20. The van der Waals surface area contributed by atoms with Crippen molar-refractivity contribution in [1.82, 2.24) is 9.97 Å². The van der Waals surface area contributed by atoms with Crippen molar-refractivity contribution in [1.29, 1.82) is 0 Å². The van der Waals surface area contributed by atoms with Gasteiger partial charge in [-0.05, 0) is 12.8 Å². The highest BCUT2D eigenvalue weighted by Crippen LogP contribution is 2.25. The third kappa shape index (κ3) is 1.93. The van der Waals surface area contributed by atoms with E-state index in [0.29, 0.717) is 0 Å². The highest BCUT2D eigenvalue weighted by Gasteiger charge is 2.28. The number of aliphatic hydroxyl groups is 1. The summed E-state index contributed by atoms with van der Waals surface area (Å²) in [6.45, 7) is 5.17. The van der Waals surface area contributed by atoms with Crippen LogP contribution in [0.3, 0.4) is 0 Å². The largest absolute Gasteiger partial charge is 0.384 e. The molecule has 0 radical (unpaired) electrons. The summed E-state index contributed by atoms with van der Waals surface area (Å²) < 4.78 is 0. The summed E-state index contributed by atoms with van der Waals surface area (Å²) in [6.07, 6.45) is 0. The van der Waals surface area contributed by atoms with Crippen LogP contribution in [-0.4, -0.2) is 15.1 Å². The summed E-state index contributed by atoms with van der Waals surface area (Å²) in [5, 5.41) is 9.99. The first-order chi connectivity index (χ1) is 6.34. The van der Waals surface area contributed by atoms with Gasteiger partial charge in [-0.3, -0.25) is 9.78 Å². The van der Waals surface area contributed by atoms with Gasteiger partial charge in [-0.15, -0.1) is 0 Å². The van der Waals surface area contributed by atoms with E-state index >= 15 is 0 Å². The van der Waals surface area contributed by atoms with Gasteiger partial charge in [-0.25, -0.2) is 4.79 Å². The van der Waals surface area contributed by atoms with E-state index in [9.17, 15) is 14.7 Å². The molecule has 1 aromatic heterocycles. The lowest BCUT2D eigenvalue weighted by Gasteiger charge is -2.26. The molecule has 0 amide bonds. The van der Waals surface area contributed by atoms with Gasteiger partial charge in [0.05, 0.1) is 5.69 Å². The molecule has 0 aliphatic heterocycles. The van der Waals surface area contributed by atoms with E-state index in [1.165, 1.54) is 6.07 Å². The van der Waals surface area contributed by atoms with E-state index in [-0.39, 0.29) is 11.6 Å². The van der Waals surface area contributed by atoms with Gasteiger partial charge in [0.25, 0.3) is 5.56 Å². The maximum atomic E-state index is 11.0. The van der Waals surface area contributed by atoms with Crippen LogP contribution < -0.4 is 11.2 Å². The molecule has 5 nitrogen and oxygen atoms in total. The predicted molar refractivity (Wildman–Crippen MR) is 52.1 cm³/mol. The molecular weight excluding hydrogens is 184 g/mol. The summed E-state index contributed by atoms with van der Waals surface area (Å²) in [5.74, 6) is -0.0973. The van der Waals surface area contributed by atoms with Gasteiger partial charge in [0.1, 0.15) is 5.60 Å². The summed E-state index contributed by atoms with van der Waals surface area (Å²) in [4.78, 5) is 26.4. The lowest BCUT2D eigenvalue weighted by molar-refractivity contribution is 0.00441. The Morgan fingerprint density at radius 2 is 1.93 bits per heavy atom. The first-order valence-corrected chi connectivity index (χ1v) is 4.40. The number of aromatic nitrogens is 2. The van der Waals surface area contributed by atoms with Crippen molar-refractivity contribution in [2.75, 3.05) is 0 Å². The molecule has 78 valence electrons. The molecule has 1 rings (SSSR count). The van der Waals surface area contributed by atoms with E-state index in [1.54, 1.807) is 20.8 Å². The summed E-state index contributed by atoms with van der Waals surface area (Å²) in [7, 11) is 0. The van der Waals surface area contributed by atoms with Gasteiger partial charge in [0, 0.05) is 6.07 Å².